The second-order valence-electron chi connectivity index (χ2n) is 4.53. The molecule has 82 valence electrons. The number of aliphatic hydroxyl groups excluding tert-OH is 1. The van der Waals surface area contributed by atoms with Crippen LogP contribution in [0.3, 0.4) is 0 Å². The van der Waals surface area contributed by atoms with Gasteiger partial charge in [0.15, 0.2) is 0 Å². The van der Waals surface area contributed by atoms with Crippen molar-refractivity contribution in [2.75, 3.05) is 0 Å². The maximum absolute atomic E-state index is 13.2. The van der Waals surface area contributed by atoms with E-state index in [9.17, 15) is 9.50 Å². The van der Waals surface area contributed by atoms with E-state index in [-0.39, 0.29) is 11.9 Å². The molecule has 1 saturated carbocycles. The van der Waals surface area contributed by atoms with E-state index in [4.69, 9.17) is 0 Å². The molecule has 0 aromatic heterocycles. The minimum atomic E-state index is -0.186. The first-order valence-corrected chi connectivity index (χ1v) is 5.60. The number of hydrogen-bond acceptors (Lipinski definition) is 1. The Morgan fingerprint density at radius 1 is 1.47 bits per heavy atom. The first kappa shape index (κ1) is 10.6. The van der Waals surface area contributed by atoms with E-state index in [2.05, 4.69) is 0 Å². The lowest BCUT2D eigenvalue weighted by molar-refractivity contribution is 0.142. The molecule has 15 heavy (non-hydrogen) atoms. The van der Waals surface area contributed by atoms with Crippen LogP contribution in [0.25, 0.3) is 0 Å². The van der Waals surface area contributed by atoms with Crippen LogP contribution in [0.5, 0.6) is 0 Å². The van der Waals surface area contributed by atoms with Gasteiger partial charge in [0.1, 0.15) is 5.82 Å². The smallest absolute Gasteiger partial charge is 0.126 e. The summed E-state index contributed by atoms with van der Waals surface area (Å²) in [5.41, 5.74) is 1.67. The quantitative estimate of drug-likeness (QED) is 0.806. The van der Waals surface area contributed by atoms with Crippen LogP contribution >= 0.6 is 0 Å². The Morgan fingerprint density at radius 3 is 2.80 bits per heavy atom. The van der Waals surface area contributed by atoms with E-state index in [0.717, 1.165) is 31.2 Å². The van der Waals surface area contributed by atoms with Crippen LogP contribution in [-0.4, -0.2) is 11.2 Å². The van der Waals surface area contributed by atoms with Crippen LogP contribution in [0.2, 0.25) is 0 Å². The number of aliphatic hydroxyl groups is 1. The summed E-state index contributed by atoms with van der Waals surface area (Å²) in [5.74, 6) is 0.369. The molecule has 0 aliphatic heterocycles. The summed E-state index contributed by atoms with van der Waals surface area (Å²) in [6.45, 7) is 1.76. The zero-order chi connectivity index (χ0) is 10.8. The molecule has 0 heterocycles. The highest BCUT2D eigenvalue weighted by molar-refractivity contribution is 5.23. The highest BCUT2D eigenvalue weighted by Gasteiger charge is 2.29. The van der Waals surface area contributed by atoms with Gasteiger partial charge in [-0.15, -0.1) is 0 Å². The first-order valence-electron chi connectivity index (χ1n) is 5.60. The molecule has 0 radical (unpaired) electrons. The largest absolute Gasteiger partial charge is 0.393 e. The van der Waals surface area contributed by atoms with Gasteiger partial charge in [0, 0.05) is 0 Å². The molecule has 1 N–H and O–H groups in total. The van der Waals surface area contributed by atoms with Crippen molar-refractivity contribution < 1.29 is 9.50 Å². The summed E-state index contributed by atoms with van der Waals surface area (Å²) in [5, 5.41) is 9.68. The summed E-state index contributed by atoms with van der Waals surface area (Å²) in [6, 6.07) is 5.32. The van der Waals surface area contributed by atoms with Gasteiger partial charge < -0.3 is 5.11 Å². The van der Waals surface area contributed by atoms with Crippen LogP contribution < -0.4 is 0 Å². The monoisotopic (exact) mass is 208 g/mol. The zero-order valence-corrected chi connectivity index (χ0v) is 9.04. The molecule has 1 aromatic rings. The summed E-state index contributed by atoms with van der Waals surface area (Å²) < 4.78 is 13.2. The van der Waals surface area contributed by atoms with Gasteiger partial charge in [-0.1, -0.05) is 12.1 Å². The van der Waals surface area contributed by atoms with E-state index >= 15 is 0 Å². The molecular weight excluding hydrogens is 191 g/mol. The molecular formula is C13H17FO. The van der Waals surface area contributed by atoms with E-state index in [1.165, 1.54) is 0 Å². The fourth-order valence-electron chi connectivity index (χ4n) is 1.82. The van der Waals surface area contributed by atoms with Gasteiger partial charge >= 0.3 is 0 Å². The molecule has 0 amide bonds. The van der Waals surface area contributed by atoms with Crippen molar-refractivity contribution in [2.24, 2.45) is 5.92 Å². The van der Waals surface area contributed by atoms with Gasteiger partial charge in [0.05, 0.1) is 6.10 Å². The molecule has 0 bridgehead atoms. The van der Waals surface area contributed by atoms with Crippen molar-refractivity contribution in [2.45, 2.75) is 38.7 Å². The molecule has 1 atom stereocenters. The third-order valence-electron chi connectivity index (χ3n) is 3.13. The standard InChI is InChI=1S/C13H17FO/c1-9-2-3-10(8-12(9)14)4-7-13(15)11-5-6-11/h2-3,8,11,13,15H,4-7H2,1H3. The third kappa shape index (κ3) is 2.78. The number of rotatable bonds is 4. The highest BCUT2D eigenvalue weighted by Crippen LogP contribution is 2.34. The molecule has 1 nitrogen and oxygen atoms in total. The molecule has 2 rings (SSSR count). The molecule has 0 spiro atoms. The Bertz CT molecular complexity index is 344. The Balaban J connectivity index is 1.89. The molecule has 0 saturated heterocycles. The van der Waals surface area contributed by atoms with Crippen molar-refractivity contribution in [3.63, 3.8) is 0 Å². The molecule has 2 heteroatoms. The van der Waals surface area contributed by atoms with Crippen molar-refractivity contribution in [3.8, 4) is 0 Å². The lowest BCUT2D eigenvalue weighted by atomic mass is 10.0. The maximum Gasteiger partial charge on any atom is 0.126 e. The van der Waals surface area contributed by atoms with E-state index in [1.54, 1.807) is 19.1 Å². The van der Waals surface area contributed by atoms with E-state index in [1.807, 2.05) is 6.07 Å². The fraction of sp³-hybridized carbons (Fsp3) is 0.538. The third-order valence-corrected chi connectivity index (χ3v) is 3.13. The number of benzene rings is 1. The summed E-state index contributed by atoms with van der Waals surface area (Å²) in [4.78, 5) is 0. The van der Waals surface area contributed by atoms with E-state index in [0.29, 0.717) is 11.5 Å². The van der Waals surface area contributed by atoms with Gasteiger partial charge in [-0.2, -0.15) is 0 Å². The average Bonchev–Trinajstić information content (AvgIpc) is 3.03. The maximum atomic E-state index is 13.2. The van der Waals surface area contributed by atoms with Crippen molar-refractivity contribution in [1.29, 1.82) is 0 Å². The topological polar surface area (TPSA) is 20.2 Å². The number of aryl methyl sites for hydroxylation is 2. The fourth-order valence-corrected chi connectivity index (χ4v) is 1.82. The van der Waals surface area contributed by atoms with Crippen molar-refractivity contribution in [1.82, 2.24) is 0 Å². The van der Waals surface area contributed by atoms with Crippen molar-refractivity contribution >= 4 is 0 Å². The zero-order valence-electron chi connectivity index (χ0n) is 9.04. The highest BCUT2D eigenvalue weighted by atomic mass is 19.1. The Morgan fingerprint density at radius 2 is 2.20 bits per heavy atom. The summed E-state index contributed by atoms with van der Waals surface area (Å²) in [6.07, 6.45) is 3.66. The van der Waals surface area contributed by atoms with Gasteiger partial charge in [0.2, 0.25) is 0 Å². The van der Waals surface area contributed by atoms with Crippen LogP contribution in [-0.2, 0) is 6.42 Å². The molecule has 1 fully saturated rings. The summed E-state index contributed by atoms with van der Waals surface area (Å²) >= 11 is 0. The lowest BCUT2D eigenvalue weighted by Gasteiger charge is -2.09. The van der Waals surface area contributed by atoms with E-state index < -0.39 is 0 Å². The minimum Gasteiger partial charge on any atom is -0.393 e. The Hall–Kier alpha value is -0.890. The van der Waals surface area contributed by atoms with Crippen LogP contribution in [0.1, 0.15) is 30.4 Å². The number of hydrogen-bond donors (Lipinski definition) is 1. The SMILES string of the molecule is Cc1ccc(CCC(O)C2CC2)cc1F. The average molecular weight is 208 g/mol. The first-order chi connectivity index (χ1) is 7.16. The van der Waals surface area contributed by atoms with Crippen LogP contribution in [0.4, 0.5) is 4.39 Å². The van der Waals surface area contributed by atoms with Gasteiger partial charge in [0.25, 0.3) is 0 Å². The van der Waals surface area contributed by atoms with Crippen molar-refractivity contribution in [3.05, 3.63) is 35.1 Å². The Labute approximate surface area is 89.9 Å². The predicted molar refractivity (Wildman–Crippen MR) is 58.2 cm³/mol. The lowest BCUT2D eigenvalue weighted by Crippen LogP contribution is -2.10. The minimum absolute atomic E-state index is 0.145. The molecule has 1 unspecified atom stereocenters. The number of halogens is 1. The molecule has 1 aromatic carbocycles. The van der Waals surface area contributed by atoms with Crippen LogP contribution in [0, 0.1) is 18.7 Å². The molecule has 1 aliphatic rings. The van der Waals surface area contributed by atoms with Gasteiger partial charge in [-0.25, -0.2) is 4.39 Å². The molecule has 1 aliphatic carbocycles. The summed E-state index contributed by atoms with van der Waals surface area (Å²) in [7, 11) is 0. The second-order valence-corrected chi connectivity index (χ2v) is 4.53. The Kier molecular flexibility index (Phi) is 3.06. The van der Waals surface area contributed by atoms with Gasteiger partial charge in [-0.3, -0.25) is 0 Å². The predicted octanol–water partition coefficient (Wildman–Crippen LogP) is 2.84. The van der Waals surface area contributed by atoms with Crippen LogP contribution in [0.15, 0.2) is 18.2 Å². The second kappa shape index (κ2) is 4.31. The van der Waals surface area contributed by atoms with Gasteiger partial charge in [-0.05, 0) is 55.7 Å². The normalized spacial score (nSPS) is 17.8.